The normalized spacial score (nSPS) is 13.5. The molecule has 0 bridgehead atoms. The van der Waals surface area contributed by atoms with E-state index in [0.29, 0.717) is 5.56 Å². The Kier molecular flexibility index (Phi) is 6.35. The summed E-state index contributed by atoms with van der Waals surface area (Å²) in [7, 11) is -3.54. The molecular formula is C21H28N4O4S. The van der Waals surface area contributed by atoms with E-state index in [2.05, 4.69) is 33.4 Å². The number of aliphatic hydroxyl groups is 1. The maximum Gasteiger partial charge on any atom is 0.229 e. The number of β-amino-alcohol motifs (C(OH)–C–C–N with tert-alkyl or cyclic N) is 1. The van der Waals surface area contributed by atoms with E-state index in [-0.39, 0.29) is 23.5 Å². The maximum atomic E-state index is 11.4. The van der Waals surface area contributed by atoms with Gasteiger partial charge in [0.05, 0.1) is 35.4 Å². The van der Waals surface area contributed by atoms with E-state index in [1.807, 2.05) is 30.6 Å². The molecule has 3 rings (SSSR count). The van der Waals surface area contributed by atoms with Crippen LogP contribution in [0.5, 0.6) is 5.75 Å². The molecule has 2 aromatic carbocycles. The average molecular weight is 433 g/mol. The maximum absolute atomic E-state index is 11.4. The minimum Gasteiger partial charge on any atom is -0.506 e. The van der Waals surface area contributed by atoms with Crippen LogP contribution in [0.15, 0.2) is 48.8 Å². The Balaban J connectivity index is 1.60. The highest BCUT2D eigenvalue weighted by Crippen LogP contribution is 2.28. The standard InChI is InChI=1S/C21H28N4O4S/c1-21(2,10-11-25-14-22-16-6-4-5-7-18(16)25)23-13-20(27)15-8-9-19(26)17(12-15)24-30(3,28)29/h4-9,12,14,20,23-24,26-27H,10-11,13H2,1-3H3. The summed E-state index contributed by atoms with van der Waals surface area (Å²) in [6, 6.07) is 12.3. The molecule has 0 aliphatic rings. The van der Waals surface area contributed by atoms with Gasteiger partial charge < -0.3 is 20.1 Å². The lowest BCUT2D eigenvalue weighted by Gasteiger charge is -2.28. The van der Waals surface area contributed by atoms with E-state index in [0.717, 1.165) is 30.3 Å². The van der Waals surface area contributed by atoms with Crippen molar-refractivity contribution < 1.29 is 18.6 Å². The van der Waals surface area contributed by atoms with E-state index in [1.165, 1.54) is 12.1 Å². The second kappa shape index (κ2) is 8.63. The number of rotatable bonds is 9. The molecular weight excluding hydrogens is 404 g/mol. The SMILES string of the molecule is CC(C)(CCn1cnc2ccccc21)NCC(O)c1ccc(O)c(NS(C)(=O)=O)c1. The number of phenols is 1. The lowest BCUT2D eigenvalue weighted by Crippen LogP contribution is -2.42. The first kappa shape index (κ1) is 22.1. The minimum absolute atomic E-state index is 0.0419. The number of aliphatic hydroxyl groups excluding tert-OH is 1. The van der Waals surface area contributed by atoms with Crippen LogP contribution in [0.4, 0.5) is 5.69 Å². The molecule has 30 heavy (non-hydrogen) atoms. The highest BCUT2D eigenvalue weighted by Gasteiger charge is 2.20. The number of anilines is 1. The second-order valence-electron chi connectivity index (χ2n) is 8.11. The molecule has 1 aromatic heterocycles. The van der Waals surface area contributed by atoms with E-state index >= 15 is 0 Å². The average Bonchev–Trinajstić information content (AvgIpc) is 3.09. The first-order valence-corrected chi connectivity index (χ1v) is 11.6. The number of fused-ring (bicyclic) bond motifs is 1. The van der Waals surface area contributed by atoms with Gasteiger partial charge in [-0.2, -0.15) is 0 Å². The molecule has 0 spiro atoms. The lowest BCUT2D eigenvalue weighted by molar-refractivity contribution is 0.158. The topological polar surface area (TPSA) is 116 Å². The van der Waals surface area contributed by atoms with Crippen LogP contribution in [-0.4, -0.2) is 46.5 Å². The molecule has 1 heterocycles. The predicted octanol–water partition coefficient (Wildman–Crippen LogP) is 2.61. The zero-order chi connectivity index (χ0) is 21.9. The molecule has 0 saturated heterocycles. The molecule has 1 atom stereocenters. The zero-order valence-electron chi connectivity index (χ0n) is 17.3. The molecule has 9 heteroatoms. The Morgan fingerprint density at radius 1 is 1.20 bits per heavy atom. The monoisotopic (exact) mass is 432 g/mol. The van der Waals surface area contributed by atoms with Crippen molar-refractivity contribution in [2.75, 3.05) is 17.5 Å². The zero-order valence-corrected chi connectivity index (χ0v) is 18.1. The van der Waals surface area contributed by atoms with E-state index in [4.69, 9.17) is 0 Å². The summed E-state index contributed by atoms with van der Waals surface area (Å²) < 4.78 is 27.2. The molecule has 1 unspecified atom stereocenters. The number of sulfonamides is 1. The molecule has 0 aliphatic heterocycles. The van der Waals surface area contributed by atoms with Crippen LogP contribution in [0, 0.1) is 0 Å². The van der Waals surface area contributed by atoms with Crippen LogP contribution < -0.4 is 10.0 Å². The molecule has 162 valence electrons. The largest absolute Gasteiger partial charge is 0.506 e. The third-order valence-corrected chi connectivity index (χ3v) is 5.57. The van der Waals surface area contributed by atoms with Crippen LogP contribution in [0.25, 0.3) is 11.0 Å². The summed E-state index contributed by atoms with van der Waals surface area (Å²) in [4.78, 5) is 4.41. The van der Waals surface area contributed by atoms with Gasteiger partial charge in [-0.1, -0.05) is 18.2 Å². The summed E-state index contributed by atoms with van der Waals surface area (Å²) in [5.41, 5.74) is 2.34. The predicted molar refractivity (Wildman–Crippen MR) is 118 cm³/mol. The molecule has 4 N–H and O–H groups in total. The van der Waals surface area contributed by atoms with Crippen LogP contribution in [-0.2, 0) is 16.6 Å². The van der Waals surface area contributed by atoms with E-state index in [1.54, 1.807) is 6.07 Å². The summed E-state index contributed by atoms with van der Waals surface area (Å²) in [5.74, 6) is -0.197. The molecule has 0 radical (unpaired) electrons. The van der Waals surface area contributed by atoms with Gasteiger partial charge in [0.25, 0.3) is 0 Å². The van der Waals surface area contributed by atoms with Crippen LogP contribution in [0.2, 0.25) is 0 Å². The lowest BCUT2D eigenvalue weighted by atomic mass is 9.99. The quantitative estimate of drug-likeness (QED) is 0.386. The molecule has 0 fully saturated rings. The number of para-hydroxylation sites is 2. The molecule has 0 amide bonds. The van der Waals surface area contributed by atoms with Crippen molar-refractivity contribution in [1.29, 1.82) is 0 Å². The third-order valence-electron chi connectivity index (χ3n) is 4.98. The van der Waals surface area contributed by atoms with Crippen molar-refractivity contribution in [2.24, 2.45) is 0 Å². The number of phenolic OH excluding ortho intramolecular Hbond substituents is 1. The number of nitrogens with zero attached hydrogens (tertiary/aromatic N) is 2. The number of aromatic nitrogens is 2. The van der Waals surface area contributed by atoms with Gasteiger partial charge in [-0.25, -0.2) is 13.4 Å². The van der Waals surface area contributed by atoms with Crippen molar-refractivity contribution in [3.05, 3.63) is 54.4 Å². The Morgan fingerprint density at radius 2 is 1.93 bits per heavy atom. The molecule has 3 aromatic rings. The highest BCUT2D eigenvalue weighted by molar-refractivity contribution is 7.92. The van der Waals surface area contributed by atoms with Gasteiger partial charge in [-0.3, -0.25) is 4.72 Å². The second-order valence-corrected chi connectivity index (χ2v) is 9.86. The molecule has 0 saturated carbocycles. The summed E-state index contributed by atoms with van der Waals surface area (Å²) >= 11 is 0. The summed E-state index contributed by atoms with van der Waals surface area (Å²) in [5, 5.41) is 23.8. The Bertz CT molecular complexity index is 1120. The highest BCUT2D eigenvalue weighted by atomic mass is 32.2. The van der Waals surface area contributed by atoms with E-state index in [9.17, 15) is 18.6 Å². The van der Waals surface area contributed by atoms with Gasteiger partial charge in [0, 0.05) is 18.6 Å². The number of nitrogens with one attached hydrogen (secondary N) is 2. The summed E-state index contributed by atoms with van der Waals surface area (Å²) in [6.07, 6.45) is 2.79. The van der Waals surface area contributed by atoms with E-state index < -0.39 is 16.1 Å². The fraction of sp³-hybridized carbons (Fsp3) is 0.381. The Labute approximate surface area is 176 Å². The number of aryl methyl sites for hydroxylation is 1. The van der Waals surface area contributed by atoms with Gasteiger partial charge in [0.2, 0.25) is 10.0 Å². The van der Waals surface area contributed by atoms with Crippen molar-refractivity contribution in [2.45, 2.75) is 38.5 Å². The third kappa shape index (κ3) is 5.71. The number of hydrogen-bond acceptors (Lipinski definition) is 6. The fourth-order valence-electron chi connectivity index (χ4n) is 3.21. The van der Waals surface area contributed by atoms with Gasteiger partial charge in [0.1, 0.15) is 5.75 Å². The molecule has 8 nitrogen and oxygen atoms in total. The van der Waals surface area contributed by atoms with Crippen LogP contribution >= 0.6 is 0 Å². The first-order chi connectivity index (χ1) is 14.0. The Hall–Kier alpha value is -2.62. The first-order valence-electron chi connectivity index (χ1n) is 9.68. The van der Waals surface area contributed by atoms with Gasteiger partial charge >= 0.3 is 0 Å². The van der Waals surface area contributed by atoms with Crippen molar-refractivity contribution in [3.63, 3.8) is 0 Å². The molecule has 0 aliphatic carbocycles. The number of aromatic hydroxyl groups is 1. The number of imidazole rings is 1. The van der Waals surface area contributed by atoms with Crippen molar-refractivity contribution in [3.8, 4) is 5.75 Å². The van der Waals surface area contributed by atoms with Gasteiger partial charge in [-0.15, -0.1) is 0 Å². The number of benzene rings is 2. The van der Waals surface area contributed by atoms with Crippen molar-refractivity contribution >= 4 is 26.7 Å². The summed E-state index contributed by atoms with van der Waals surface area (Å²) in [6.45, 7) is 5.18. The smallest absolute Gasteiger partial charge is 0.229 e. The van der Waals surface area contributed by atoms with Crippen molar-refractivity contribution in [1.82, 2.24) is 14.9 Å². The fourth-order valence-corrected chi connectivity index (χ4v) is 3.77. The van der Waals surface area contributed by atoms with Gasteiger partial charge in [-0.05, 0) is 50.1 Å². The van der Waals surface area contributed by atoms with Gasteiger partial charge in [0.15, 0.2) is 0 Å². The Morgan fingerprint density at radius 3 is 2.67 bits per heavy atom. The number of hydrogen-bond donors (Lipinski definition) is 4. The minimum atomic E-state index is -3.54. The van der Waals surface area contributed by atoms with Crippen LogP contribution in [0.1, 0.15) is 31.9 Å². The van der Waals surface area contributed by atoms with Crippen LogP contribution in [0.3, 0.4) is 0 Å².